The molecule has 1 atom stereocenters. The van der Waals surface area contributed by atoms with Crippen LogP contribution in [0.2, 0.25) is 0 Å². The molecule has 1 saturated heterocycles. The first-order chi connectivity index (χ1) is 11.4. The van der Waals surface area contributed by atoms with E-state index in [0.717, 1.165) is 19.9 Å². The molecule has 1 heterocycles. The van der Waals surface area contributed by atoms with E-state index in [1.807, 2.05) is 70.3 Å². The van der Waals surface area contributed by atoms with Crippen molar-refractivity contribution in [2.45, 2.75) is 18.9 Å². The first-order valence-corrected chi connectivity index (χ1v) is 7.80. The van der Waals surface area contributed by atoms with Crippen LogP contribution in [0.1, 0.15) is 12.8 Å². The van der Waals surface area contributed by atoms with Crippen LogP contribution in [0.25, 0.3) is 0 Å². The first kappa shape index (κ1) is 26.3. The van der Waals surface area contributed by atoms with Gasteiger partial charge in [-0.3, -0.25) is 0 Å². The van der Waals surface area contributed by atoms with Gasteiger partial charge in [-0.05, 0) is 89.6 Å². The summed E-state index contributed by atoms with van der Waals surface area (Å²) in [6.45, 7) is 5.26. The molecule has 0 bridgehead atoms. The van der Waals surface area contributed by atoms with Crippen molar-refractivity contribution in [1.82, 2.24) is 4.90 Å². The van der Waals surface area contributed by atoms with Crippen molar-refractivity contribution >= 4 is 6.29 Å². The number of carbonyl (C=O) groups is 1. The summed E-state index contributed by atoms with van der Waals surface area (Å²) in [5, 5.41) is 7.00. The van der Waals surface area contributed by atoms with Crippen LogP contribution in [0.5, 0.6) is 0 Å². The van der Waals surface area contributed by atoms with Crippen molar-refractivity contribution in [2.24, 2.45) is 0 Å². The SMILES string of the molecule is C=C[CH-][C@@H]1CCCN1CC=O.CO.[CH]1[CH][CH][CH][CH]1.[CH]1[CH][CH][CH][CH]1.[Zr]. The van der Waals surface area contributed by atoms with Gasteiger partial charge in [-0.25, -0.2) is 19.1 Å². The fourth-order valence-electron chi connectivity index (χ4n) is 2.19. The number of hydrogen-bond acceptors (Lipinski definition) is 3. The molecule has 0 aromatic heterocycles. The second-order valence-electron chi connectivity index (χ2n) is 4.72. The fraction of sp³-hybridized carbons (Fsp3) is 0.300. The van der Waals surface area contributed by atoms with Gasteiger partial charge in [-0.1, -0.05) is 0 Å². The molecule has 4 heteroatoms. The van der Waals surface area contributed by atoms with Crippen molar-refractivity contribution in [1.29, 1.82) is 0 Å². The average molecular weight is 406 g/mol. The molecule has 1 N–H and O–H groups in total. The Morgan fingerprint density at radius 2 is 1.46 bits per heavy atom. The van der Waals surface area contributed by atoms with Gasteiger partial charge in [0.05, 0.1) is 6.54 Å². The third-order valence-corrected chi connectivity index (χ3v) is 3.19. The molecule has 3 aliphatic rings. The molecule has 1 aliphatic heterocycles. The van der Waals surface area contributed by atoms with Crippen LogP contribution >= 0.6 is 0 Å². The normalized spacial score (nSPS) is 21.7. The molecule has 0 aromatic rings. The molecule has 2 aliphatic carbocycles. The summed E-state index contributed by atoms with van der Waals surface area (Å²) in [7, 11) is 1.00. The molecule has 3 rings (SSSR count). The zero-order valence-corrected chi connectivity index (χ0v) is 16.9. The summed E-state index contributed by atoms with van der Waals surface area (Å²) < 4.78 is 0. The zero-order chi connectivity index (χ0) is 17.2. The second-order valence-corrected chi connectivity index (χ2v) is 4.72. The monoisotopic (exact) mass is 404 g/mol. The van der Waals surface area contributed by atoms with E-state index in [4.69, 9.17) is 5.11 Å². The van der Waals surface area contributed by atoms with E-state index in [1.165, 1.54) is 12.8 Å². The molecule has 3 nitrogen and oxygen atoms in total. The van der Waals surface area contributed by atoms with E-state index < -0.39 is 0 Å². The van der Waals surface area contributed by atoms with E-state index in [2.05, 4.69) is 17.9 Å². The maximum Gasteiger partial charge on any atom is 0.133 e. The summed E-state index contributed by atoms with van der Waals surface area (Å²) >= 11 is 0. The molecule has 0 spiro atoms. The smallest absolute Gasteiger partial charge is 0.133 e. The third kappa shape index (κ3) is 14.4. The van der Waals surface area contributed by atoms with Crippen molar-refractivity contribution < 1.29 is 36.1 Å². The summed E-state index contributed by atoms with van der Waals surface area (Å²) in [6, 6.07) is 0.456. The molecule has 0 unspecified atom stereocenters. The van der Waals surface area contributed by atoms with Crippen LogP contribution in [-0.4, -0.2) is 42.5 Å². The Bertz CT molecular complexity index is 225. The minimum Gasteiger partial charge on any atom is -0.400 e. The van der Waals surface area contributed by atoms with Crippen molar-refractivity contribution in [2.75, 3.05) is 20.2 Å². The Hall–Kier alpha value is 0.0831. The molecule has 130 valence electrons. The Kier molecular flexibility index (Phi) is 23.2. The number of aliphatic hydroxyl groups excluding tert-OH is 1. The molecule has 10 radical (unpaired) electrons. The van der Waals surface area contributed by atoms with Crippen LogP contribution in [0.3, 0.4) is 0 Å². The third-order valence-electron chi connectivity index (χ3n) is 3.19. The van der Waals surface area contributed by atoms with Gasteiger partial charge in [0, 0.05) is 33.3 Å². The topological polar surface area (TPSA) is 40.5 Å². The van der Waals surface area contributed by atoms with Gasteiger partial charge in [0.25, 0.3) is 0 Å². The van der Waals surface area contributed by atoms with Gasteiger partial charge in [0.1, 0.15) is 6.29 Å². The van der Waals surface area contributed by atoms with Gasteiger partial charge < -0.3 is 14.8 Å². The Morgan fingerprint density at radius 3 is 1.79 bits per heavy atom. The summed E-state index contributed by atoms with van der Waals surface area (Å²) in [5.74, 6) is 0. The van der Waals surface area contributed by atoms with Crippen LogP contribution < -0.4 is 0 Å². The second kappa shape index (κ2) is 21.1. The van der Waals surface area contributed by atoms with Gasteiger partial charge in [-0.15, -0.1) is 0 Å². The van der Waals surface area contributed by atoms with Crippen LogP contribution in [0.15, 0.2) is 12.7 Å². The van der Waals surface area contributed by atoms with Crippen molar-refractivity contribution in [3.63, 3.8) is 0 Å². The predicted molar refractivity (Wildman–Crippen MR) is 96.3 cm³/mol. The zero-order valence-electron chi connectivity index (χ0n) is 14.4. The molecular formula is C20H28NO2Zr-. The number of aldehydes is 1. The largest absolute Gasteiger partial charge is 0.400 e. The first-order valence-electron chi connectivity index (χ1n) is 7.80. The molecule has 24 heavy (non-hydrogen) atoms. The summed E-state index contributed by atoms with van der Waals surface area (Å²) in [4.78, 5) is 12.4. The van der Waals surface area contributed by atoms with Gasteiger partial charge in [0.2, 0.25) is 0 Å². The number of aliphatic hydroxyl groups is 1. The Labute approximate surface area is 169 Å². The maximum absolute atomic E-state index is 10.2. The minimum absolute atomic E-state index is 0. The number of carbonyl (C=O) groups excluding carboxylic acids is 1. The molecule has 2 saturated carbocycles. The van der Waals surface area contributed by atoms with Crippen LogP contribution in [0.4, 0.5) is 0 Å². The molecule has 3 fully saturated rings. The summed E-state index contributed by atoms with van der Waals surface area (Å²) in [5.41, 5.74) is 0. The van der Waals surface area contributed by atoms with Gasteiger partial charge in [-0.2, -0.15) is 0 Å². The van der Waals surface area contributed by atoms with E-state index in [-0.39, 0.29) is 26.2 Å². The Morgan fingerprint density at radius 1 is 1.04 bits per heavy atom. The minimum atomic E-state index is 0. The number of hydrogen-bond donors (Lipinski definition) is 1. The van der Waals surface area contributed by atoms with Gasteiger partial charge in [0.15, 0.2) is 0 Å². The van der Waals surface area contributed by atoms with E-state index in [0.29, 0.717) is 12.6 Å². The quantitative estimate of drug-likeness (QED) is 0.577. The average Bonchev–Trinajstić information content (AvgIpc) is 3.37. The van der Waals surface area contributed by atoms with E-state index in [9.17, 15) is 4.79 Å². The molecule has 0 aromatic carbocycles. The maximum atomic E-state index is 10.2. The fourth-order valence-corrected chi connectivity index (χ4v) is 2.19. The standard InChI is InChI=1S/C9H14NO.2C5H5.CH4O.Zr/c1-2-4-9-5-3-6-10(9)7-8-11;2*1-2-4-5-3-1;1-2;/h2,4,8-9H,1,3,5-7H2;2*1-5H;2H,1H3;/q-1;;;;/t9-;;;;/m1..../s1. The van der Waals surface area contributed by atoms with Crippen molar-refractivity contribution in [3.05, 3.63) is 83.3 Å². The van der Waals surface area contributed by atoms with Crippen molar-refractivity contribution in [3.8, 4) is 0 Å². The summed E-state index contributed by atoms with van der Waals surface area (Å²) in [6.07, 6.45) is 27.2. The van der Waals surface area contributed by atoms with Crippen LogP contribution in [-0.2, 0) is 31.0 Å². The number of nitrogens with zero attached hydrogens (tertiary/aromatic N) is 1. The van der Waals surface area contributed by atoms with E-state index >= 15 is 0 Å². The molecular weight excluding hydrogens is 377 g/mol. The van der Waals surface area contributed by atoms with Gasteiger partial charge >= 0.3 is 0 Å². The number of rotatable bonds is 4. The van der Waals surface area contributed by atoms with E-state index in [1.54, 1.807) is 0 Å². The predicted octanol–water partition coefficient (Wildman–Crippen LogP) is 2.69. The number of likely N-dealkylation sites (tertiary alicyclic amines) is 1. The van der Waals surface area contributed by atoms with Crippen LogP contribution in [0, 0.1) is 70.6 Å². The Balaban J connectivity index is 0. The molecule has 0 amide bonds.